The van der Waals surface area contributed by atoms with Gasteiger partial charge in [-0.25, -0.2) is 9.78 Å². The molecule has 2 N–H and O–H groups in total. The second-order valence-electron chi connectivity index (χ2n) is 3.82. The maximum atomic E-state index is 11.5. The molecule has 0 aliphatic heterocycles. The van der Waals surface area contributed by atoms with Gasteiger partial charge in [-0.05, 0) is 18.2 Å². The number of amides is 1. The van der Waals surface area contributed by atoms with Gasteiger partial charge in [0, 0.05) is 24.4 Å². The second kappa shape index (κ2) is 6.67. The fourth-order valence-electron chi connectivity index (χ4n) is 1.42. The van der Waals surface area contributed by atoms with E-state index in [0.29, 0.717) is 23.7 Å². The molecule has 2 aromatic heterocycles. The zero-order valence-electron chi connectivity index (χ0n) is 10.4. The van der Waals surface area contributed by atoms with Gasteiger partial charge in [-0.3, -0.25) is 4.79 Å². The third-order valence-corrected chi connectivity index (χ3v) is 3.26. The maximum absolute atomic E-state index is 11.5. The van der Waals surface area contributed by atoms with Crippen molar-refractivity contribution in [2.24, 2.45) is 0 Å². The molecule has 0 spiro atoms. The van der Waals surface area contributed by atoms with Gasteiger partial charge < -0.3 is 14.8 Å². The highest BCUT2D eigenvalue weighted by atomic mass is 32.1. The molecule has 0 bridgehead atoms. The fraction of sp³-hybridized carbons (Fsp3) is 0.154. The Morgan fingerprint density at radius 1 is 1.50 bits per heavy atom. The lowest BCUT2D eigenvalue weighted by Gasteiger charge is -1.99. The predicted octanol–water partition coefficient (Wildman–Crippen LogP) is 1.81. The summed E-state index contributed by atoms with van der Waals surface area (Å²) < 4.78 is 5.05. The molecule has 7 heteroatoms. The molecule has 2 heterocycles. The molecule has 6 nitrogen and oxygen atoms in total. The van der Waals surface area contributed by atoms with Crippen molar-refractivity contribution in [3.8, 4) is 0 Å². The van der Waals surface area contributed by atoms with E-state index in [2.05, 4.69) is 10.3 Å². The SMILES string of the molecule is O=C(C=Cc1ccco1)NCCc1nc(C(=O)O)cs1. The molecular weight excluding hydrogens is 280 g/mol. The summed E-state index contributed by atoms with van der Waals surface area (Å²) >= 11 is 1.26. The first-order chi connectivity index (χ1) is 9.65. The molecule has 104 valence electrons. The van der Waals surface area contributed by atoms with E-state index in [-0.39, 0.29) is 11.6 Å². The van der Waals surface area contributed by atoms with Crippen molar-refractivity contribution in [1.29, 1.82) is 0 Å². The number of aromatic nitrogens is 1. The first kappa shape index (κ1) is 14.0. The quantitative estimate of drug-likeness (QED) is 0.792. The van der Waals surface area contributed by atoms with Crippen molar-refractivity contribution in [3.63, 3.8) is 0 Å². The van der Waals surface area contributed by atoms with Gasteiger partial charge in [0.15, 0.2) is 5.69 Å². The third kappa shape index (κ3) is 4.06. The summed E-state index contributed by atoms with van der Waals surface area (Å²) in [5.74, 6) is -0.680. The van der Waals surface area contributed by atoms with Crippen molar-refractivity contribution in [3.05, 3.63) is 46.3 Å². The van der Waals surface area contributed by atoms with Crippen molar-refractivity contribution in [1.82, 2.24) is 10.3 Å². The Labute approximate surface area is 118 Å². The van der Waals surface area contributed by atoms with Crippen molar-refractivity contribution < 1.29 is 19.1 Å². The number of carboxylic acid groups (broad SMARTS) is 1. The highest BCUT2D eigenvalue weighted by molar-refractivity contribution is 7.09. The van der Waals surface area contributed by atoms with Crippen LogP contribution in [-0.2, 0) is 11.2 Å². The van der Waals surface area contributed by atoms with E-state index in [1.54, 1.807) is 18.2 Å². The zero-order chi connectivity index (χ0) is 14.4. The van der Waals surface area contributed by atoms with Crippen LogP contribution in [0.15, 0.2) is 34.3 Å². The van der Waals surface area contributed by atoms with E-state index in [1.165, 1.54) is 29.1 Å². The molecule has 0 aliphatic carbocycles. The van der Waals surface area contributed by atoms with E-state index >= 15 is 0 Å². The molecular formula is C13H12N2O4S. The van der Waals surface area contributed by atoms with Crippen LogP contribution in [0.5, 0.6) is 0 Å². The number of aromatic carboxylic acids is 1. The normalized spacial score (nSPS) is 10.8. The molecule has 0 aliphatic rings. The topological polar surface area (TPSA) is 92.4 Å². The first-order valence-electron chi connectivity index (χ1n) is 5.82. The molecule has 0 atom stereocenters. The molecule has 20 heavy (non-hydrogen) atoms. The van der Waals surface area contributed by atoms with Crippen molar-refractivity contribution in [2.75, 3.05) is 6.54 Å². The molecule has 0 saturated carbocycles. The lowest BCUT2D eigenvalue weighted by molar-refractivity contribution is -0.116. The number of carbonyl (C=O) groups excluding carboxylic acids is 1. The number of rotatable bonds is 6. The minimum atomic E-state index is -1.04. The minimum absolute atomic E-state index is 0.0361. The molecule has 2 aromatic rings. The van der Waals surface area contributed by atoms with Gasteiger partial charge >= 0.3 is 5.97 Å². The highest BCUT2D eigenvalue weighted by Crippen LogP contribution is 2.09. The van der Waals surface area contributed by atoms with Crippen LogP contribution in [0.1, 0.15) is 21.3 Å². The molecule has 2 rings (SSSR count). The fourth-order valence-corrected chi connectivity index (χ4v) is 2.19. The van der Waals surface area contributed by atoms with Crippen LogP contribution < -0.4 is 5.32 Å². The summed E-state index contributed by atoms with van der Waals surface area (Å²) in [4.78, 5) is 26.1. The summed E-state index contributed by atoms with van der Waals surface area (Å²) in [6.45, 7) is 0.397. The number of thiazole rings is 1. The van der Waals surface area contributed by atoms with Gasteiger partial charge in [0.2, 0.25) is 5.91 Å². The van der Waals surface area contributed by atoms with E-state index in [4.69, 9.17) is 9.52 Å². The average molecular weight is 292 g/mol. The highest BCUT2D eigenvalue weighted by Gasteiger charge is 2.08. The van der Waals surface area contributed by atoms with Gasteiger partial charge in [0.25, 0.3) is 0 Å². The third-order valence-electron chi connectivity index (χ3n) is 2.35. The van der Waals surface area contributed by atoms with E-state index < -0.39 is 5.97 Å². The van der Waals surface area contributed by atoms with E-state index in [9.17, 15) is 9.59 Å². The average Bonchev–Trinajstić information content (AvgIpc) is 3.07. The Balaban J connectivity index is 1.75. The molecule has 1 amide bonds. The largest absolute Gasteiger partial charge is 0.476 e. The van der Waals surface area contributed by atoms with Gasteiger partial charge in [-0.15, -0.1) is 11.3 Å². The van der Waals surface area contributed by atoms with Gasteiger partial charge in [-0.1, -0.05) is 0 Å². The molecule has 0 unspecified atom stereocenters. The number of hydrogen-bond donors (Lipinski definition) is 2. The molecule has 0 aromatic carbocycles. The molecule has 0 radical (unpaired) electrons. The van der Waals surface area contributed by atoms with Gasteiger partial charge in [0.05, 0.1) is 11.3 Å². The van der Waals surface area contributed by atoms with Crippen LogP contribution in [-0.4, -0.2) is 28.5 Å². The summed E-state index contributed by atoms with van der Waals surface area (Å²) in [6, 6.07) is 3.48. The molecule has 0 fully saturated rings. The van der Waals surface area contributed by atoms with Gasteiger partial charge in [-0.2, -0.15) is 0 Å². The summed E-state index contributed by atoms with van der Waals surface area (Å²) in [5, 5.41) is 13.6. The van der Waals surface area contributed by atoms with Gasteiger partial charge in [0.1, 0.15) is 5.76 Å². The van der Waals surface area contributed by atoms with E-state index in [1.807, 2.05) is 0 Å². The lowest BCUT2D eigenvalue weighted by atomic mass is 10.3. The second-order valence-corrected chi connectivity index (χ2v) is 4.76. The summed E-state index contributed by atoms with van der Waals surface area (Å²) in [7, 11) is 0. The van der Waals surface area contributed by atoms with Crippen LogP contribution in [0.2, 0.25) is 0 Å². The smallest absolute Gasteiger partial charge is 0.355 e. The Morgan fingerprint density at radius 3 is 3.00 bits per heavy atom. The molecule has 0 saturated heterocycles. The Morgan fingerprint density at radius 2 is 2.35 bits per heavy atom. The maximum Gasteiger partial charge on any atom is 0.355 e. The van der Waals surface area contributed by atoms with Crippen LogP contribution in [0.25, 0.3) is 6.08 Å². The summed E-state index contributed by atoms with van der Waals surface area (Å²) in [5.41, 5.74) is 0.0361. The number of carbonyl (C=O) groups is 2. The number of carboxylic acids is 1. The lowest BCUT2D eigenvalue weighted by Crippen LogP contribution is -2.23. The minimum Gasteiger partial charge on any atom is -0.476 e. The predicted molar refractivity (Wildman–Crippen MR) is 73.5 cm³/mol. The zero-order valence-corrected chi connectivity index (χ0v) is 11.2. The van der Waals surface area contributed by atoms with E-state index in [0.717, 1.165) is 0 Å². The number of nitrogens with one attached hydrogen (secondary N) is 1. The van der Waals surface area contributed by atoms with Crippen molar-refractivity contribution >= 4 is 29.3 Å². The number of nitrogens with zero attached hydrogens (tertiary/aromatic N) is 1. The van der Waals surface area contributed by atoms with Crippen LogP contribution >= 0.6 is 11.3 Å². The van der Waals surface area contributed by atoms with Crippen LogP contribution in [0, 0.1) is 0 Å². The van der Waals surface area contributed by atoms with Crippen LogP contribution in [0.4, 0.5) is 0 Å². The Kier molecular flexibility index (Phi) is 4.67. The van der Waals surface area contributed by atoms with Crippen LogP contribution in [0.3, 0.4) is 0 Å². The Bertz CT molecular complexity index is 616. The summed E-state index contributed by atoms with van der Waals surface area (Å²) in [6.07, 6.45) is 4.98. The number of hydrogen-bond acceptors (Lipinski definition) is 5. The Hall–Kier alpha value is -2.41. The standard InChI is InChI=1S/C13H12N2O4S/c16-11(4-3-9-2-1-7-19-9)14-6-5-12-15-10(8-20-12)13(17)18/h1-4,7-8H,5-6H2,(H,14,16)(H,17,18). The van der Waals surface area contributed by atoms with Crippen molar-refractivity contribution in [2.45, 2.75) is 6.42 Å². The number of furan rings is 1. The first-order valence-corrected chi connectivity index (χ1v) is 6.70. The monoisotopic (exact) mass is 292 g/mol.